The molecule has 1 N–H and O–H groups in total. The Morgan fingerprint density at radius 1 is 0.719 bits per heavy atom. The molecule has 0 bridgehead atoms. The Labute approximate surface area is 195 Å². The van der Waals surface area contributed by atoms with Crippen molar-refractivity contribution in [3.05, 3.63) is 0 Å². The van der Waals surface area contributed by atoms with Crippen molar-refractivity contribution >= 4 is 0 Å². The lowest BCUT2D eigenvalue weighted by Crippen LogP contribution is -2.36. The van der Waals surface area contributed by atoms with E-state index in [4.69, 9.17) is 28.4 Å². The molecule has 190 valence electrons. The van der Waals surface area contributed by atoms with Crippen molar-refractivity contribution in [2.75, 3.05) is 34.4 Å². The van der Waals surface area contributed by atoms with E-state index in [1.807, 2.05) is 0 Å². The van der Waals surface area contributed by atoms with Crippen LogP contribution in [-0.4, -0.2) is 76.1 Å². The molecule has 32 heavy (non-hydrogen) atoms. The molecule has 2 fully saturated rings. The van der Waals surface area contributed by atoms with Crippen molar-refractivity contribution < 1.29 is 33.5 Å². The Hall–Kier alpha value is -0.280. The summed E-state index contributed by atoms with van der Waals surface area (Å²) in [7, 11) is 3.25. The van der Waals surface area contributed by atoms with Gasteiger partial charge in [0.25, 0.3) is 0 Å². The molecule has 0 spiro atoms. The molecule has 0 aliphatic carbocycles. The van der Waals surface area contributed by atoms with Gasteiger partial charge in [0.05, 0.1) is 37.1 Å². The Balaban J connectivity index is 1.71. The minimum atomic E-state index is -0.350. The Kier molecular flexibility index (Phi) is 15.0. The topological polar surface area (TPSA) is 75.6 Å². The van der Waals surface area contributed by atoms with E-state index in [0.29, 0.717) is 6.79 Å². The number of aliphatic hydroxyl groups is 1. The first-order valence-electron chi connectivity index (χ1n) is 12.9. The van der Waals surface area contributed by atoms with Gasteiger partial charge in [-0.15, -0.1) is 0 Å². The molecule has 2 heterocycles. The molecule has 7 heteroatoms. The fraction of sp³-hybridized carbons (Fsp3) is 1.00. The zero-order valence-corrected chi connectivity index (χ0v) is 20.7. The van der Waals surface area contributed by atoms with Crippen LogP contribution in [0.4, 0.5) is 0 Å². The first-order chi connectivity index (χ1) is 15.7. The fourth-order valence-electron chi connectivity index (χ4n) is 4.92. The van der Waals surface area contributed by atoms with Crippen LogP contribution in [0.1, 0.15) is 90.4 Å². The molecule has 7 nitrogen and oxygen atoms in total. The molecule has 0 aromatic rings. The predicted octanol–water partition coefficient (Wildman–Crippen LogP) is 4.58. The highest BCUT2D eigenvalue weighted by Gasteiger charge is 2.41. The summed E-state index contributed by atoms with van der Waals surface area (Å²) in [6.45, 7) is 2.66. The Morgan fingerprint density at radius 2 is 1.22 bits per heavy atom. The zero-order chi connectivity index (χ0) is 23.0. The van der Waals surface area contributed by atoms with Crippen LogP contribution in [0, 0.1) is 0 Å². The van der Waals surface area contributed by atoms with Gasteiger partial charge in [-0.25, -0.2) is 0 Å². The van der Waals surface area contributed by atoms with Crippen molar-refractivity contribution in [1.29, 1.82) is 0 Å². The minimum absolute atomic E-state index is 0.0522. The first kappa shape index (κ1) is 28.0. The largest absolute Gasteiger partial charge is 0.394 e. The smallest absolute Gasteiger partial charge is 0.146 e. The molecule has 0 aromatic carbocycles. The number of unbranched alkanes of at least 4 members (excludes halogenated alkanes) is 7. The summed E-state index contributed by atoms with van der Waals surface area (Å²) in [6, 6.07) is 0. The molecule has 0 unspecified atom stereocenters. The van der Waals surface area contributed by atoms with E-state index in [1.165, 1.54) is 51.4 Å². The van der Waals surface area contributed by atoms with E-state index < -0.39 is 0 Å². The van der Waals surface area contributed by atoms with Gasteiger partial charge in [-0.3, -0.25) is 0 Å². The van der Waals surface area contributed by atoms with Crippen LogP contribution in [-0.2, 0) is 28.4 Å². The van der Waals surface area contributed by atoms with Crippen LogP contribution in [0.2, 0.25) is 0 Å². The van der Waals surface area contributed by atoms with Crippen LogP contribution in [0.25, 0.3) is 0 Å². The molecule has 2 saturated heterocycles. The minimum Gasteiger partial charge on any atom is -0.394 e. The number of aliphatic hydroxyl groups excluding tert-OH is 1. The molecule has 0 aromatic heterocycles. The van der Waals surface area contributed by atoms with Gasteiger partial charge in [-0.05, 0) is 32.1 Å². The van der Waals surface area contributed by atoms with Crippen molar-refractivity contribution in [2.45, 2.75) is 127 Å². The van der Waals surface area contributed by atoms with Crippen molar-refractivity contribution in [1.82, 2.24) is 0 Å². The van der Waals surface area contributed by atoms with Gasteiger partial charge in [0, 0.05) is 14.2 Å². The second kappa shape index (κ2) is 17.2. The van der Waals surface area contributed by atoms with E-state index in [0.717, 1.165) is 32.1 Å². The van der Waals surface area contributed by atoms with Crippen molar-refractivity contribution in [2.24, 2.45) is 0 Å². The Morgan fingerprint density at radius 3 is 1.75 bits per heavy atom. The van der Waals surface area contributed by atoms with Gasteiger partial charge in [0.15, 0.2) is 0 Å². The number of ether oxygens (including phenoxy) is 6. The standard InChI is InChI=1S/C25H48O7/c1-4-5-6-7-8-9-10-11-12-20(29-18-27-2)21-13-14-22(31-21)23-15-16-24(32-23)25(17-26)30-19-28-3/h20-26H,4-19H2,1-3H3/t20-,21-,22-,23-,24-,25-/m1/s1. The summed E-state index contributed by atoms with van der Waals surface area (Å²) >= 11 is 0. The maximum Gasteiger partial charge on any atom is 0.146 e. The second-order valence-corrected chi connectivity index (χ2v) is 9.25. The molecular formula is C25H48O7. The lowest BCUT2D eigenvalue weighted by atomic mass is 10.0. The number of hydrogen-bond acceptors (Lipinski definition) is 7. The first-order valence-corrected chi connectivity index (χ1v) is 12.9. The average molecular weight is 461 g/mol. The van der Waals surface area contributed by atoms with E-state index in [1.54, 1.807) is 14.2 Å². The van der Waals surface area contributed by atoms with E-state index >= 15 is 0 Å². The lowest BCUT2D eigenvalue weighted by Gasteiger charge is -2.27. The molecule has 2 aliphatic rings. The lowest BCUT2D eigenvalue weighted by molar-refractivity contribution is -0.162. The number of rotatable bonds is 19. The van der Waals surface area contributed by atoms with Gasteiger partial charge in [-0.1, -0.05) is 58.3 Å². The van der Waals surface area contributed by atoms with Crippen LogP contribution < -0.4 is 0 Å². The molecule has 0 amide bonds. The maximum atomic E-state index is 9.62. The van der Waals surface area contributed by atoms with E-state index in [9.17, 15) is 5.11 Å². The third kappa shape index (κ3) is 9.92. The van der Waals surface area contributed by atoms with E-state index in [-0.39, 0.29) is 50.0 Å². The second-order valence-electron chi connectivity index (χ2n) is 9.25. The van der Waals surface area contributed by atoms with Crippen LogP contribution >= 0.6 is 0 Å². The van der Waals surface area contributed by atoms with Gasteiger partial charge in [0.1, 0.15) is 19.7 Å². The van der Waals surface area contributed by atoms with Gasteiger partial charge in [0.2, 0.25) is 0 Å². The van der Waals surface area contributed by atoms with Gasteiger partial charge < -0.3 is 33.5 Å². The van der Waals surface area contributed by atoms with Crippen molar-refractivity contribution in [3.63, 3.8) is 0 Å². The molecule has 0 radical (unpaired) electrons. The predicted molar refractivity (Wildman–Crippen MR) is 124 cm³/mol. The Bertz CT molecular complexity index is 450. The summed E-state index contributed by atoms with van der Waals surface area (Å²) < 4.78 is 34.4. The SMILES string of the molecule is CCCCCCCCCC[C@@H](OCOC)[C@H]1CC[C@H]([C@H]2CC[C@H]([C@@H](CO)OCOC)O2)O1. The monoisotopic (exact) mass is 460 g/mol. The molecule has 2 rings (SSSR count). The molecular weight excluding hydrogens is 412 g/mol. The average Bonchev–Trinajstić information content (AvgIpc) is 3.48. The van der Waals surface area contributed by atoms with Gasteiger partial charge >= 0.3 is 0 Å². The van der Waals surface area contributed by atoms with Gasteiger partial charge in [-0.2, -0.15) is 0 Å². The van der Waals surface area contributed by atoms with Crippen LogP contribution in [0.3, 0.4) is 0 Å². The summed E-state index contributed by atoms with van der Waals surface area (Å²) in [5, 5.41) is 9.62. The number of methoxy groups -OCH3 is 2. The van der Waals surface area contributed by atoms with Crippen LogP contribution in [0.5, 0.6) is 0 Å². The summed E-state index contributed by atoms with van der Waals surface area (Å²) in [5.74, 6) is 0. The summed E-state index contributed by atoms with van der Waals surface area (Å²) in [5.41, 5.74) is 0. The maximum absolute atomic E-state index is 9.62. The van der Waals surface area contributed by atoms with E-state index in [2.05, 4.69) is 6.92 Å². The third-order valence-corrected chi connectivity index (χ3v) is 6.74. The molecule has 0 saturated carbocycles. The van der Waals surface area contributed by atoms with Crippen LogP contribution in [0.15, 0.2) is 0 Å². The quantitative estimate of drug-likeness (QED) is 0.223. The number of hydrogen-bond donors (Lipinski definition) is 1. The fourth-order valence-corrected chi connectivity index (χ4v) is 4.92. The highest BCUT2D eigenvalue weighted by molar-refractivity contribution is 4.89. The molecule has 6 atom stereocenters. The summed E-state index contributed by atoms with van der Waals surface area (Å²) in [6.07, 6.45) is 15.1. The summed E-state index contributed by atoms with van der Waals surface area (Å²) in [4.78, 5) is 0. The highest BCUT2D eigenvalue weighted by Crippen LogP contribution is 2.35. The molecule has 2 aliphatic heterocycles. The van der Waals surface area contributed by atoms with Crippen molar-refractivity contribution in [3.8, 4) is 0 Å². The normalized spacial score (nSPS) is 27.8. The highest BCUT2D eigenvalue weighted by atomic mass is 16.7. The third-order valence-electron chi connectivity index (χ3n) is 6.74. The zero-order valence-electron chi connectivity index (χ0n) is 20.7.